The molecule has 0 saturated carbocycles. The standard InChI is InChI=1S/C13H12N2O2S3/c1-18-12-14-15-13(20-12)19-8-10-5-3-2-4-9(10)6-7-11(16)17/h2-7H,8H2,1H3,(H,16,17)/b7-6+. The number of carbonyl (C=O) groups is 1. The molecule has 1 aromatic carbocycles. The molecule has 1 heterocycles. The fourth-order valence-corrected chi connectivity index (χ4v) is 3.92. The highest BCUT2D eigenvalue weighted by atomic mass is 32.2. The third-order valence-electron chi connectivity index (χ3n) is 2.37. The van der Waals surface area contributed by atoms with E-state index in [4.69, 9.17) is 5.11 Å². The lowest BCUT2D eigenvalue weighted by Gasteiger charge is -2.03. The molecule has 2 rings (SSSR count). The summed E-state index contributed by atoms with van der Waals surface area (Å²) in [6.07, 6.45) is 4.74. The predicted octanol–water partition coefficient (Wildman–Crippen LogP) is 3.65. The number of thioether (sulfide) groups is 2. The number of nitrogens with zero attached hydrogens (tertiary/aromatic N) is 2. The number of rotatable bonds is 6. The Morgan fingerprint density at radius 3 is 2.80 bits per heavy atom. The summed E-state index contributed by atoms with van der Waals surface area (Å²) in [6.45, 7) is 0. The summed E-state index contributed by atoms with van der Waals surface area (Å²) in [5.41, 5.74) is 1.99. The summed E-state index contributed by atoms with van der Waals surface area (Å²) in [5.74, 6) is -0.204. The van der Waals surface area contributed by atoms with Crippen LogP contribution >= 0.6 is 34.9 Å². The molecule has 7 heteroatoms. The van der Waals surface area contributed by atoms with E-state index in [-0.39, 0.29) is 0 Å². The number of carboxylic acids is 1. The number of hydrogen-bond donors (Lipinski definition) is 1. The van der Waals surface area contributed by atoms with Gasteiger partial charge in [0.15, 0.2) is 8.68 Å². The van der Waals surface area contributed by atoms with Crippen molar-refractivity contribution in [3.63, 3.8) is 0 Å². The summed E-state index contributed by atoms with van der Waals surface area (Å²) in [5, 5.41) is 16.8. The van der Waals surface area contributed by atoms with Gasteiger partial charge in [0.05, 0.1) is 0 Å². The van der Waals surface area contributed by atoms with Crippen LogP contribution < -0.4 is 0 Å². The second-order valence-corrected chi connectivity index (χ2v) is 6.95. The van der Waals surface area contributed by atoms with Crippen molar-refractivity contribution >= 4 is 46.9 Å². The molecule has 1 aromatic heterocycles. The van der Waals surface area contributed by atoms with Crippen LogP contribution in [-0.4, -0.2) is 27.5 Å². The largest absolute Gasteiger partial charge is 0.478 e. The van der Waals surface area contributed by atoms with Gasteiger partial charge in [0, 0.05) is 11.8 Å². The van der Waals surface area contributed by atoms with Gasteiger partial charge in [-0.1, -0.05) is 59.1 Å². The lowest BCUT2D eigenvalue weighted by molar-refractivity contribution is -0.131. The molecule has 104 valence electrons. The number of hydrogen-bond acceptors (Lipinski definition) is 6. The Hall–Kier alpha value is -1.31. The van der Waals surface area contributed by atoms with Crippen molar-refractivity contribution < 1.29 is 9.90 Å². The Kier molecular flexibility index (Phi) is 5.63. The first-order valence-electron chi connectivity index (χ1n) is 5.68. The van der Waals surface area contributed by atoms with E-state index in [1.165, 1.54) is 0 Å². The summed E-state index contributed by atoms with van der Waals surface area (Å²) in [7, 11) is 0. The quantitative estimate of drug-likeness (QED) is 0.646. The molecular weight excluding hydrogens is 312 g/mol. The molecule has 0 spiro atoms. The van der Waals surface area contributed by atoms with Crippen LogP contribution in [0.5, 0.6) is 0 Å². The fourth-order valence-electron chi connectivity index (χ4n) is 1.47. The third-order valence-corrected chi connectivity index (χ3v) is 5.46. The van der Waals surface area contributed by atoms with E-state index in [2.05, 4.69) is 10.2 Å². The summed E-state index contributed by atoms with van der Waals surface area (Å²) in [4.78, 5) is 10.6. The predicted molar refractivity (Wildman–Crippen MR) is 84.4 cm³/mol. The maximum Gasteiger partial charge on any atom is 0.328 e. The Bertz CT molecular complexity index is 626. The molecule has 4 nitrogen and oxygen atoms in total. The number of aliphatic carboxylic acids is 1. The van der Waals surface area contributed by atoms with Crippen LogP contribution in [0.4, 0.5) is 0 Å². The van der Waals surface area contributed by atoms with E-state index in [1.54, 1.807) is 40.9 Å². The molecule has 0 atom stereocenters. The summed E-state index contributed by atoms with van der Waals surface area (Å²) < 4.78 is 1.87. The highest BCUT2D eigenvalue weighted by Gasteiger charge is 2.06. The highest BCUT2D eigenvalue weighted by Crippen LogP contribution is 2.30. The second-order valence-electron chi connectivity index (χ2n) is 3.70. The van der Waals surface area contributed by atoms with E-state index in [9.17, 15) is 4.79 Å². The van der Waals surface area contributed by atoms with E-state index in [0.717, 1.165) is 31.6 Å². The van der Waals surface area contributed by atoms with Crippen LogP contribution in [-0.2, 0) is 10.5 Å². The first-order valence-corrected chi connectivity index (χ1v) is 8.71. The third kappa shape index (κ3) is 4.36. The number of benzene rings is 1. The van der Waals surface area contributed by atoms with Crippen LogP contribution in [0.1, 0.15) is 11.1 Å². The van der Waals surface area contributed by atoms with E-state index in [1.807, 2.05) is 30.5 Å². The zero-order valence-corrected chi connectivity index (χ0v) is 13.1. The molecule has 20 heavy (non-hydrogen) atoms. The molecule has 0 fully saturated rings. The van der Waals surface area contributed by atoms with Crippen molar-refractivity contribution in [3.8, 4) is 0 Å². The van der Waals surface area contributed by atoms with Crippen molar-refractivity contribution in [2.75, 3.05) is 6.26 Å². The SMILES string of the molecule is CSc1nnc(SCc2ccccc2/C=C/C(=O)O)s1. The first-order chi connectivity index (χ1) is 9.69. The number of aromatic nitrogens is 2. The smallest absolute Gasteiger partial charge is 0.328 e. The average molecular weight is 324 g/mol. The topological polar surface area (TPSA) is 63.1 Å². The van der Waals surface area contributed by atoms with Crippen LogP contribution in [0, 0.1) is 0 Å². The second kappa shape index (κ2) is 7.47. The minimum absolute atomic E-state index is 0.739. The van der Waals surface area contributed by atoms with Gasteiger partial charge in [-0.3, -0.25) is 0 Å². The van der Waals surface area contributed by atoms with Crippen molar-refractivity contribution in [3.05, 3.63) is 41.5 Å². The average Bonchev–Trinajstić information content (AvgIpc) is 2.91. The Morgan fingerprint density at radius 1 is 1.35 bits per heavy atom. The minimum atomic E-state index is -0.943. The van der Waals surface area contributed by atoms with Crippen molar-refractivity contribution in [2.24, 2.45) is 0 Å². The van der Waals surface area contributed by atoms with Crippen LogP contribution in [0.15, 0.2) is 39.0 Å². The maximum absolute atomic E-state index is 10.6. The Morgan fingerprint density at radius 2 is 2.10 bits per heavy atom. The summed E-state index contributed by atoms with van der Waals surface area (Å²) in [6, 6.07) is 7.74. The van der Waals surface area contributed by atoms with Crippen LogP contribution in [0.25, 0.3) is 6.08 Å². The van der Waals surface area contributed by atoms with Crippen molar-refractivity contribution in [2.45, 2.75) is 14.4 Å². The van der Waals surface area contributed by atoms with Crippen molar-refractivity contribution in [1.82, 2.24) is 10.2 Å². The van der Waals surface area contributed by atoms with E-state index >= 15 is 0 Å². The molecule has 1 N–H and O–H groups in total. The molecule has 0 saturated heterocycles. The minimum Gasteiger partial charge on any atom is -0.478 e. The molecular formula is C13H12N2O2S3. The van der Waals surface area contributed by atoms with Gasteiger partial charge >= 0.3 is 5.97 Å². The first kappa shape index (κ1) is 15.1. The lowest BCUT2D eigenvalue weighted by atomic mass is 10.1. The highest BCUT2D eigenvalue weighted by molar-refractivity contribution is 8.02. The van der Waals surface area contributed by atoms with Gasteiger partial charge in [-0.15, -0.1) is 10.2 Å². The molecule has 0 unspecified atom stereocenters. The van der Waals surface area contributed by atoms with E-state index < -0.39 is 5.97 Å². The van der Waals surface area contributed by atoms with Gasteiger partial charge in [-0.05, 0) is 23.5 Å². The van der Waals surface area contributed by atoms with Gasteiger partial charge in [0.25, 0.3) is 0 Å². The molecule has 0 aliphatic carbocycles. The Balaban J connectivity index is 2.07. The zero-order chi connectivity index (χ0) is 14.4. The van der Waals surface area contributed by atoms with Gasteiger partial charge in [0.2, 0.25) is 0 Å². The Labute approximate surface area is 129 Å². The van der Waals surface area contributed by atoms with Gasteiger partial charge < -0.3 is 5.11 Å². The van der Waals surface area contributed by atoms with Gasteiger partial charge in [-0.2, -0.15) is 0 Å². The molecule has 0 amide bonds. The molecule has 0 radical (unpaired) electrons. The number of carboxylic acid groups (broad SMARTS) is 1. The molecule has 0 bridgehead atoms. The van der Waals surface area contributed by atoms with Crippen molar-refractivity contribution in [1.29, 1.82) is 0 Å². The fraction of sp³-hybridized carbons (Fsp3) is 0.154. The monoisotopic (exact) mass is 324 g/mol. The zero-order valence-electron chi connectivity index (χ0n) is 10.6. The van der Waals surface area contributed by atoms with E-state index in [0.29, 0.717) is 0 Å². The van der Waals surface area contributed by atoms with Gasteiger partial charge in [0.1, 0.15) is 0 Å². The summed E-state index contributed by atoms with van der Waals surface area (Å²) >= 11 is 4.76. The van der Waals surface area contributed by atoms with Gasteiger partial charge in [-0.25, -0.2) is 4.79 Å². The van der Waals surface area contributed by atoms with Crippen LogP contribution in [0.3, 0.4) is 0 Å². The molecule has 2 aromatic rings. The normalized spacial score (nSPS) is 11.1. The molecule has 0 aliphatic rings. The lowest BCUT2D eigenvalue weighted by Crippen LogP contribution is -1.89. The molecule has 0 aliphatic heterocycles. The van der Waals surface area contributed by atoms with Crippen LogP contribution in [0.2, 0.25) is 0 Å². The maximum atomic E-state index is 10.6.